The summed E-state index contributed by atoms with van der Waals surface area (Å²) in [5.41, 5.74) is 0. The Morgan fingerprint density at radius 2 is 2.20 bits per heavy atom. The Kier molecular flexibility index (Phi) is 2.91. The second-order valence-corrected chi connectivity index (χ2v) is 3.44. The number of hydrogen-bond donors (Lipinski definition) is 0. The van der Waals surface area contributed by atoms with Crippen LogP contribution in [0.4, 0.5) is 0 Å². The zero-order valence-electron chi connectivity index (χ0n) is 8.26. The smallest absolute Gasteiger partial charge is 0.269 e. The zero-order chi connectivity index (χ0) is 10.7. The van der Waals surface area contributed by atoms with Crippen LogP contribution in [0, 0.1) is 5.92 Å². The topological polar surface area (TPSA) is 59.0 Å². The Bertz CT molecular complexity index is 314. The highest BCUT2D eigenvalue weighted by atomic mass is 16.5. The minimum atomic E-state index is -0.388. The highest BCUT2D eigenvalue weighted by molar-refractivity contribution is 6.05. The fourth-order valence-corrected chi connectivity index (χ4v) is 1.57. The van der Waals surface area contributed by atoms with Crippen molar-refractivity contribution < 1.29 is 14.3 Å². The summed E-state index contributed by atoms with van der Waals surface area (Å²) < 4.78 is 5.15. The molecule has 15 heavy (non-hydrogen) atoms. The predicted octanol–water partition coefficient (Wildman–Crippen LogP) is -0.371. The first-order valence-corrected chi connectivity index (χ1v) is 4.90. The van der Waals surface area contributed by atoms with Crippen molar-refractivity contribution >= 4 is 18.0 Å². The molecule has 0 saturated carbocycles. The summed E-state index contributed by atoms with van der Waals surface area (Å²) in [4.78, 5) is 28.0. The Balaban J connectivity index is 1.98. The summed E-state index contributed by atoms with van der Waals surface area (Å²) in [6.45, 7) is 2.40. The molecule has 2 heterocycles. The van der Waals surface area contributed by atoms with E-state index in [1.807, 2.05) is 0 Å². The van der Waals surface area contributed by atoms with E-state index < -0.39 is 0 Å². The third kappa shape index (κ3) is 2.30. The largest absolute Gasteiger partial charge is 0.378 e. The van der Waals surface area contributed by atoms with E-state index >= 15 is 0 Å². The third-order valence-electron chi connectivity index (χ3n) is 2.42. The minimum absolute atomic E-state index is 0.00852. The summed E-state index contributed by atoms with van der Waals surface area (Å²) in [5, 5.41) is 0. The number of dihydropyridines is 1. The van der Waals surface area contributed by atoms with Gasteiger partial charge in [-0.05, 0) is 0 Å². The van der Waals surface area contributed by atoms with Crippen LogP contribution >= 0.6 is 0 Å². The number of carbonyl (C=O) groups excluding carboxylic acids is 2. The van der Waals surface area contributed by atoms with Crippen molar-refractivity contribution in [3.63, 3.8) is 0 Å². The van der Waals surface area contributed by atoms with Gasteiger partial charge in [-0.2, -0.15) is 0 Å². The lowest BCUT2D eigenvalue weighted by Crippen LogP contribution is -2.44. The Morgan fingerprint density at radius 1 is 1.47 bits per heavy atom. The molecule has 2 rings (SSSR count). The van der Waals surface area contributed by atoms with E-state index in [1.165, 1.54) is 12.3 Å². The van der Waals surface area contributed by atoms with Gasteiger partial charge in [-0.15, -0.1) is 0 Å². The molecule has 80 valence electrons. The quantitative estimate of drug-likeness (QED) is 0.590. The summed E-state index contributed by atoms with van der Waals surface area (Å²) in [6, 6.07) is 0. The molecule has 0 radical (unpaired) electrons. The van der Waals surface area contributed by atoms with Crippen LogP contribution in [-0.4, -0.2) is 49.2 Å². The van der Waals surface area contributed by atoms with E-state index in [2.05, 4.69) is 4.99 Å². The van der Waals surface area contributed by atoms with E-state index in [0.29, 0.717) is 26.3 Å². The number of ether oxygens (including phenoxy) is 1. The van der Waals surface area contributed by atoms with Crippen LogP contribution in [0.3, 0.4) is 0 Å². The van der Waals surface area contributed by atoms with Gasteiger partial charge in [-0.25, -0.2) is 4.99 Å². The number of rotatable bonds is 1. The zero-order valence-corrected chi connectivity index (χ0v) is 8.26. The SMILES string of the molecule is O=C1C=CC(C(=O)N2CCOCC2)C=N1. The van der Waals surface area contributed by atoms with Crippen molar-refractivity contribution in [1.29, 1.82) is 0 Å². The lowest BCUT2D eigenvalue weighted by molar-refractivity contribution is -0.136. The Morgan fingerprint density at radius 3 is 2.80 bits per heavy atom. The molecule has 0 aliphatic carbocycles. The number of hydrogen-bond acceptors (Lipinski definition) is 3. The van der Waals surface area contributed by atoms with Gasteiger partial charge in [-0.1, -0.05) is 6.08 Å². The summed E-state index contributed by atoms with van der Waals surface area (Å²) >= 11 is 0. The van der Waals surface area contributed by atoms with Crippen LogP contribution in [0.15, 0.2) is 17.1 Å². The van der Waals surface area contributed by atoms with E-state index in [4.69, 9.17) is 4.74 Å². The van der Waals surface area contributed by atoms with Crippen LogP contribution < -0.4 is 0 Å². The number of amides is 2. The first-order valence-electron chi connectivity index (χ1n) is 4.90. The molecule has 5 heteroatoms. The second-order valence-electron chi connectivity index (χ2n) is 3.44. The van der Waals surface area contributed by atoms with Crippen LogP contribution in [0.2, 0.25) is 0 Å². The lowest BCUT2D eigenvalue weighted by Gasteiger charge is -2.28. The highest BCUT2D eigenvalue weighted by Crippen LogP contribution is 2.09. The van der Waals surface area contributed by atoms with Gasteiger partial charge < -0.3 is 9.64 Å². The average Bonchev–Trinajstić information content (AvgIpc) is 2.30. The molecule has 1 saturated heterocycles. The fraction of sp³-hybridized carbons (Fsp3) is 0.500. The van der Waals surface area contributed by atoms with Gasteiger partial charge in [0.2, 0.25) is 5.91 Å². The van der Waals surface area contributed by atoms with E-state index in [0.717, 1.165) is 0 Å². The van der Waals surface area contributed by atoms with Crippen molar-refractivity contribution in [3.05, 3.63) is 12.2 Å². The van der Waals surface area contributed by atoms with Gasteiger partial charge in [0.05, 0.1) is 19.1 Å². The van der Waals surface area contributed by atoms with Gasteiger partial charge in [0.25, 0.3) is 5.91 Å². The minimum Gasteiger partial charge on any atom is -0.378 e. The maximum absolute atomic E-state index is 11.9. The van der Waals surface area contributed by atoms with Crippen molar-refractivity contribution in [2.75, 3.05) is 26.3 Å². The lowest BCUT2D eigenvalue weighted by atomic mass is 10.1. The first-order chi connectivity index (χ1) is 7.27. The highest BCUT2D eigenvalue weighted by Gasteiger charge is 2.24. The molecule has 0 bridgehead atoms. The van der Waals surface area contributed by atoms with Gasteiger partial charge in [0.15, 0.2) is 0 Å². The molecule has 0 spiro atoms. The molecule has 0 aromatic rings. The standard InChI is InChI=1S/C10H12N2O3/c13-9-2-1-8(7-11-9)10(14)12-3-5-15-6-4-12/h1-2,7-8H,3-6H2. The number of carbonyl (C=O) groups is 2. The van der Waals surface area contributed by atoms with Gasteiger partial charge in [0.1, 0.15) is 0 Å². The molecule has 1 unspecified atom stereocenters. The second kappa shape index (κ2) is 4.35. The first kappa shape index (κ1) is 10.0. The maximum atomic E-state index is 11.9. The molecular weight excluding hydrogens is 196 g/mol. The van der Waals surface area contributed by atoms with Crippen molar-refractivity contribution in [2.24, 2.45) is 10.9 Å². The van der Waals surface area contributed by atoms with Gasteiger partial charge in [-0.3, -0.25) is 9.59 Å². The van der Waals surface area contributed by atoms with E-state index in [9.17, 15) is 9.59 Å². The normalized spacial score (nSPS) is 25.7. The average molecular weight is 208 g/mol. The number of aliphatic imine (C=N–C) groups is 1. The number of nitrogens with zero attached hydrogens (tertiary/aromatic N) is 2. The van der Waals surface area contributed by atoms with Crippen molar-refractivity contribution in [3.8, 4) is 0 Å². The molecular formula is C10H12N2O3. The summed E-state index contributed by atoms with van der Waals surface area (Å²) in [7, 11) is 0. The molecule has 0 aromatic heterocycles. The molecule has 5 nitrogen and oxygen atoms in total. The van der Waals surface area contributed by atoms with Gasteiger partial charge >= 0.3 is 0 Å². The fourth-order valence-electron chi connectivity index (χ4n) is 1.57. The van der Waals surface area contributed by atoms with E-state index in [1.54, 1.807) is 11.0 Å². The Labute approximate surface area is 87.4 Å². The third-order valence-corrected chi connectivity index (χ3v) is 2.42. The Hall–Kier alpha value is -1.49. The van der Waals surface area contributed by atoms with Crippen molar-refractivity contribution in [1.82, 2.24) is 4.90 Å². The summed E-state index contributed by atoms with van der Waals surface area (Å²) in [6.07, 6.45) is 4.33. The molecule has 1 fully saturated rings. The predicted molar refractivity (Wildman–Crippen MR) is 53.5 cm³/mol. The molecule has 0 aromatic carbocycles. The number of morpholine rings is 1. The van der Waals surface area contributed by atoms with Gasteiger partial charge in [0, 0.05) is 25.4 Å². The molecule has 2 amide bonds. The van der Waals surface area contributed by atoms with Crippen LogP contribution in [0.5, 0.6) is 0 Å². The van der Waals surface area contributed by atoms with E-state index in [-0.39, 0.29) is 17.7 Å². The molecule has 2 aliphatic heterocycles. The van der Waals surface area contributed by atoms with Crippen LogP contribution in [0.1, 0.15) is 0 Å². The monoisotopic (exact) mass is 208 g/mol. The van der Waals surface area contributed by atoms with Crippen LogP contribution in [0.25, 0.3) is 0 Å². The summed E-state index contributed by atoms with van der Waals surface area (Å²) in [5.74, 6) is -0.701. The van der Waals surface area contributed by atoms with Crippen molar-refractivity contribution in [2.45, 2.75) is 0 Å². The van der Waals surface area contributed by atoms with Crippen LogP contribution in [-0.2, 0) is 14.3 Å². The molecule has 2 aliphatic rings. The maximum Gasteiger partial charge on any atom is 0.269 e. The molecule has 0 N–H and O–H groups in total. The molecule has 1 atom stereocenters.